The van der Waals surface area contributed by atoms with Crippen molar-refractivity contribution in [1.82, 2.24) is 0 Å². The van der Waals surface area contributed by atoms with Crippen molar-refractivity contribution in [3.63, 3.8) is 0 Å². The Kier molecular flexibility index (Phi) is 5.56. The maximum atomic E-state index is 12.7. The highest BCUT2D eigenvalue weighted by molar-refractivity contribution is 8.19. The molecule has 1 unspecified atom stereocenters. The van der Waals surface area contributed by atoms with Gasteiger partial charge >= 0.3 is 5.97 Å². The lowest BCUT2D eigenvalue weighted by molar-refractivity contribution is -0.144. The van der Waals surface area contributed by atoms with E-state index in [1.165, 1.54) is 11.8 Å². The number of amides is 2. The van der Waals surface area contributed by atoms with Crippen LogP contribution in [0.3, 0.4) is 0 Å². The van der Waals surface area contributed by atoms with Gasteiger partial charge in [0.1, 0.15) is 5.75 Å². The minimum Gasteiger partial charge on any atom is -0.479 e. The monoisotopic (exact) mass is 397 g/mol. The number of aliphatic carboxylic acids is 1. The molecule has 1 N–H and O–H groups in total. The summed E-state index contributed by atoms with van der Waals surface area (Å²) in [7, 11) is 0. The highest BCUT2D eigenvalue weighted by atomic mass is 32.2. The van der Waals surface area contributed by atoms with Crippen molar-refractivity contribution in [2.45, 2.75) is 26.9 Å². The zero-order valence-electron chi connectivity index (χ0n) is 15.6. The summed E-state index contributed by atoms with van der Waals surface area (Å²) in [5, 5.41) is 8.54. The van der Waals surface area contributed by atoms with Crippen LogP contribution < -0.4 is 9.64 Å². The van der Waals surface area contributed by atoms with Crippen LogP contribution in [0.15, 0.2) is 47.4 Å². The molecular formula is C21H19NO5S. The number of benzene rings is 2. The maximum absolute atomic E-state index is 12.7. The molecule has 0 saturated carbocycles. The van der Waals surface area contributed by atoms with Crippen molar-refractivity contribution in [1.29, 1.82) is 0 Å². The minimum atomic E-state index is -1.05. The second-order valence-electron chi connectivity index (χ2n) is 6.45. The average Bonchev–Trinajstić information content (AvgIpc) is 2.92. The summed E-state index contributed by atoms with van der Waals surface area (Å²) in [6.45, 7) is 5.35. The van der Waals surface area contributed by atoms with Crippen LogP contribution in [0.4, 0.5) is 10.5 Å². The SMILES string of the molecule is Cc1ccc(N2C(=O)S/C(=C/c3ccc(OC(C)C(=O)O)cc3)C2=O)cc1C. The van der Waals surface area contributed by atoms with Crippen molar-refractivity contribution < 1.29 is 24.2 Å². The minimum absolute atomic E-state index is 0.329. The summed E-state index contributed by atoms with van der Waals surface area (Å²) in [5.74, 6) is -1.00. The van der Waals surface area contributed by atoms with Gasteiger partial charge in [0.25, 0.3) is 11.1 Å². The maximum Gasteiger partial charge on any atom is 0.344 e. The number of thioether (sulfide) groups is 1. The van der Waals surface area contributed by atoms with Crippen molar-refractivity contribution >= 4 is 40.6 Å². The van der Waals surface area contributed by atoms with E-state index >= 15 is 0 Å². The van der Waals surface area contributed by atoms with Crippen molar-refractivity contribution in [2.75, 3.05) is 4.90 Å². The van der Waals surface area contributed by atoms with Gasteiger partial charge in [-0.3, -0.25) is 9.59 Å². The zero-order chi connectivity index (χ0) is 20.4. The number of aryl methyl sites for hydroxylation is 2. The van der Waals surface area contributed by atoms with Crippen LogP contribution in [0.2, 0.25) is 0 Å². The van der Waals surface area contributed by atoms with Crippen molar-refractivity contribution in [3.05, 3.63) is 64.1 Å². The summed E-state index contributed by atoms with van der Waals surface area (Å²) in [6.07, 6.45) is 0.677. The lowest BCUT2D eigenvalue weighted by Crippen LogP contribution is -2.27. The van der Waals surface area contributed by atoms with Gasteiger partial charge in [-0.15, -0.1) is 0 Å². The number of hydrogen-bond donors (Lipinski definition) is 1. The Morgan fingerprint density at radius 3 is 2.39 bits per heavy atom. The molecule has 0 bridgehead atoms. The van der Waals surface area contributed by atoms with Gasteiger partial charge in [0, 0.05) is 0 Å². The van der Waals surface area contributed by atoms with Gasteiger partial charge in [0.15, 0.2) is 6.10 Å². The highest BCUT2D eigenvalue weighted by Gasteiger charge is 2.36. The number of anilines is 1. The van der Waals surface area contributed by atoms with E-state index < -0.39 is 12.1 Å². The largest absolute Gasteiger partial charge is 0.479 e. The third-order valence-electron chi connectivity index (χ3n) is 4.38. The molecule has 6 nitrogen and oxygen atoms in total. The molecule has 3 rings (SSSR count). The standard InChI is InChI=1S/C21H19NO5S/c1-12-4-7-16(10-13(12)2)22-19(23)18(28-21(22)26)11-15-5-8-17(9-6-15)27-14(3)20(24)25/h4-11,14H,1-3H3,(H,24,25)/b18-11+. The Balaban J connectivity index is 1.79. The first-order valence-electron chi connectivity index (χ1n) is 8.61. The molecule has 0 aliphatic carbocycles. The Morgan fingerprint density at radius 1 is 1.11 bits per heavy atom. The lowest BCUT2D eigenvalue weighted by Gasteiger charge is -2.14. The summed E-state index contributed by atoms with van der Waals surface area (Å²) in [5.41, 5.74) is 3.36. The van der Waals surface area contributed by atoms with Gasteiger partial charge in [-0.1, -0.05) is 18.2 Å². The summed E-state index contributed by atoms with van der Waals surface area (Å²) in [4.78, 5) is 37.5. The number of carboxylic acids is 1. The van der Waals surface area contributed by atoms with Crippen molar-refractivity contribution in [3.8, 4) is 5.75 Å². The molecule has 1 aliphatic rings. The normalized spacial score (nSPS) is 16.5. The number of ether oxygens (including phenoxy) is 1. The molecule has 144 valence electrons. The zero-order valence-corrected chi connectivity index (χ0v) is 16.4. The fourth-order valence-electron chi connectivity index (χ4n) is 2.60. The van der Waals surface area contributed by atoms with Crippen LogP contribution >= 0.6 is 11.8 Å². The lowest BCUT2D eigenvalue weighted by atomic mass is 10.1. The second-order valence-corrected chi connectivity index (χ2v) is 7.45. The summed E-state index contributed by atoms with van der Waals surface area (Å²) in [6, 6.07) is 12.1. The smallest absolute Gasteiger partial charge is 0.344 e. The topological polar surface area (TPSA) is 83.9 Å². The molecule has 1 atom stereocenters. The van der Waals surface area contributed by atoms with E-state index in [1.807, 2.05) is 26.0 Å². The fraction of sp³-hybridized carbons (Fsp3) is 0.190. The third-order valence-corrected chi connectivity index (χ3v) is 5.25. The van der Waals surface area contributed by atoms with Crippen LogP contribution in [0.5, 0.6) is 5.75 Å². The van der Waals surface area contributed by atoms with Gasteiger partial charge in [-0.2, -0.15) is 0 Å². The molecule has 28 heavy (non-hydrogen) atoms. The predicted octanol–water partition coefficient (Wildman–Crippen LogP) is 4.40. The second kappa shape index (κ2) is 7.90. The van der Waals surface area contributed by atoms with E-state index in [9.17, 15) is 14.4 Å². The van der Waals surface area contributed by atoms with Gasteiger partial charge in [0.05, 0.1) is 10.6 Å². The van der Waals surface area contributed by atoms with E-state index in [2.05, 4.69) is 0 Å². The average molecular weight is 397 g/mol. The number of nitrogens with zero attached hydrogens (tertiary/aromatic N) is 1. The van der Waals surface area contributed by atoms with E-state index in [-0.39, 0.29) is 11.1 Å². The molecule has 0 aromatic heterocycles. The van der Waals surface area contributed by atoms with Crippen LogP contribution in [-0.2, 0) is 9.59 Å². The van der Waals surface area contributed by atoms with Crippen molar-refractivity contribution in [2.24, 2.45) is 0 Å². The molecule has 2 amide bonds. The summed E-state index contributed by atoms with van der Waals surface area (Å²) >= 11 is 0.890. The molecular weight excluding hydrogens is 378 g/mol. The molecule has 0 spiro atoms. The number of hydrogen-bond acceptors (Lipinski definition) is 5. The molecule has 1 fully saturated rings. The Morgan fingerprint density at radius 2 is 1.79 bits per heavy atom. The van der Waals surface area contributed by atoms with Gasteiger partial charge in [0.2, 0.25) is 0 Å². The number of imide groups is 1. The third kappa shape index (κ3) is 4.09. The molecule has 1 aliphatic heterocycles. The highest BCUT2D eigenvalue weighted by Crippen LogP contribution is 2.36. The van der Waals surface area contributed by atoms with Gasteiger partial charge in [-0.05, 0) is 79.6 Å². The van der Waals surface area contributed by atoms with E-state index in [4.69, 9.17) is 9.84 Å². The van der Waals surface area contributed by atoms with Crippen LogP contribution in [0.1, 0.15) is 23.6 Å². The molecule has 0 radical (unpaired) electrons. The van der Waals surface area contributed by atoms with Gasteiger partial charge in [-0.25, -0.2) is 9.69 Å². The number of carbonyl (C=O) groups is 3. The quantitative estimate of drug-likeness (QED) is 0.753. The Labute approximate surface area is 166 Å². The first-order valence-corrected chi connectivity index (χ1v) is 9.42. The number of carbonyl (C=O) groups excluding carboxylic acids is 2. The predicted molar refractivity (Wildman–Crippen MR) is 109 cm³/mol. The molecule has 7 heteroatoms. The fourth-order valence-corrected chi connectivity index (χ4v) is 3.44. The summed E-state index contributed by atoms with van der Waals surface area (Å²) < 4.78 is 5.28. The van der Waals surface area contributed by atoms with Crippen LogP contribution in [0.25, 0.3) is 6.08 Å². The molecule has 1 saturated heterocycles. The number of rotatable bonds is 5. The number of carboxylic acid groups (broad SMARTS) is 1. The molecule has 1 heterocycles. The van der Waals surface area contributed by atoms with Crippen LogP contribution in [0, 0.1) is 13.8 Å². The van der Waals surface area contributed by atoms with Crippen LogP contribution in [-0.4, -0.2) is 28.3 Å². The van der Waals surface area contributed by atoms with E-state index in [0.717, 1.165) is 22.9 Å². The first kappa shape index (κ1) is 19.7. The van der Waals surface area contributed by atoms with E-state index in [0.29, 0.717) is 21.9 Å². The molecule has 2 aromatic rings. The Bertz CT molecular complexity index is 981. The van der Waals surface area contributed by atoms with E-state index in [1.54, 1.807) is 36.4 Å². The van der Waals surface area contributed by atoms with Gasteiger partial charge < -0.3 is 9.84 Å². The first-order chi connectivity index (χ1) is 13.3. The molecule has 2 aromatic carbocycles. The Hall–Kier alpha value is -3.06.